The highest BCUT2D eigenvalue weighted by Crippen LogP contribution is 1.98. The molecule has 2 N–H and O–H groups in total. The minimum Gasteiger partial charge on any atom is -0.481 e. The van der Waals surface area contributed by atoms with Crippen LogP contribution in [0.2, 0.25) is 0 Å². The SMILES string of the molecule is C#C.C1CCNC1.O=C(O)Cc1ccccc1. The Morgan fingerprint density at radius 3 is 2.06 bits per heavy atom. The average Bonchev–Trinajstić information content (AvgIpc) is 2.91. The van der Waals surface area contributed by atoms with E-state index in [0.717, 1.165) is 5.56 Å². The van der Waals surface area contributed by atoms with E-state index in [-0.39, 0.29) is 6.42 Å². The van der Waals surface area contributed by atoms with Crippen molar-refractivity contribution in [3.05, 3.63) is 35.9 Å². The summed E-state index contributed by atoms with van der Waals surface area (Å²) in [5, 5.41) is 11.6. The normalized spacial score (nSPS) is 12.6. The van der Waals surface area contributed by atoms with Crippen LogP contribution in [0.3, 0.4) is 0 Å². The quantitative estimate of drug-likeness (QED) is 0.767. The third-order valence-electron chi connectivity index (χ3n) is 2.16. The first-order valence-corrected chi connectivity index (χ1v) is 5.59. The molecule has 0 saturated carbocycles. The molecule has 3 heteroatoms. The first-order valence-electron chi connectivity index (χ1n) is 5.59. The lowest BCUT2D eigenvalue weighted by Gasteiger charge is -1.92. The molecule has 1 aliphatic rings. The minimum atomic E-state index is -0.786. The molecule has 1 saturated heterocycles. The summed E-state index contributed by atoms with van der Waals surface area (Å²) in [6.07, 6.45) is 10.9. The molecule has 0 radical (unpaired) electrons. The van der Waals surface area contributed by atoms with Gasteiger partial charge in [0.05, 0.1) is 6.42 Å². The smallest absolute Gasteiger partial charge is 0.307 e. The van der Waals surface area contributed by atoms with Gasteiger partial charge in [-0.15, -0.1) is 12.8 Å². The fraction of sp³-hybridized carbons (Fsp3) is 0.357. The predicted octanol–water partition coefficient (Wildman–Crippen LogP) is 1.93. The van der Waals surface area contributed by atoms with Gasteiger partial charge in [0, 0.05) is 0 Å². The Kier molecular flexibility index (Phi) is 9.59. The summed E-state index contributed by atoms with van der Waals surface area (Å²) in [6, 6.07) is 9.13. The molecule has 1 fully saturated rings. The van der Waals surface area contributed by atoms with E-state index in [9.17, 15) is 4.79 Å². The number of terminal acetylenes is 1. The number of hydrogen-bond acceptors (Lipinski definition) is 2. The molecular formula is C14H19NO2. The van der Waals surface area contributed by atoms with Crippen molar-refractivity contribution in [3.63, 3.8) is 0 Å². The number of aliphatic carboxylic acids is 1. The van der Waals surface area contributed by atoms with Crippen molar-refractivity contribution in [1.82, 2.24) is 5.32 Å². The van der Waals surface area contributed by atoms with Crippen LogP contribution < -0.4 is 5.32 Å². The lowest BCUT2D eigenvalue weighted by molar-refractivity contribution is -0.136. The van der Waals surface area contributed by atoms with E-state index in [1.54, 1.807) is 12.1 Å². The van der Waals surface area contributed by atoms with Crippen LogP contribution in [-0.2, 0) is 11.2 Å². The van der Waals surface area contributed by atoms with Gasteiger partial charge >= 0.3 is 5.97 Å². The van der Waals surface area contributed by atoms with Gasteiger partial charge < -0.3 is 10.4 Å². The highest BCUT2D eigenvalue weighted by molar-refractivity contribution is 5.70. The Hall–Kier alpha value is -1.79. The summed E-state index contributed by atoms with van der Waals surface area (Å²) >= 11 is 0. The molecule has 1 aliphatic heterocycles. The summed E-state index contributed by atoms with van der Waals surface area (Å²) in [5.41, 5.74) is 0.843. The van der Waals surface area contributed by atoms with E-state index in [1.165, 1.54) is 25.9 Å². The standard InChI is InChI=1S/C8H8O2.C4H9N.C2H2/c9-8(10)6-7-4-2-1-3-5-7;1-2-4-5-3-1;1-2/h1-5H,6H2,(H,9,10);5H,1-4H2;1-2H. The minimum absolute atomic E-state index is 0.112. The Bertz CT molecular complexity index is 308. The van der Waals surface area contributed by atoms with Gasteiger partial charge in [-0.2, -0.15) is 0 Å². The summed E-state index contributed by atoms with van der Waals surface area (Å²) < 4.78 is 0. The summed E-state index contributed by atoms with van der Waals surface area (Å²) in [7, 11) is 0. The van der Waals surface area contributed by atoms with E-state index >= 15 is 0 Å². The second kappa shape index (κ2) is 10.7. The van der Waals surface area contributed by atoms with E-state index in [4.69, 9.17) is 5.11 Å². The van der Waals surface area contributed by atoms with Crippen molar-refractivity contribution in [1.29, 1.82) is 0 Å². The maximum absolute atomic E-state index is 10.2. The maximum Gasteiger partial charge on any atom is 0.307 e. The maximum atomic E-state index is 10.2. The number of hydrogen-bond donors (Lipinski definition) is 2. The van der Waals surface area contributed by atoms with E-state index in [1.807, 2.05) is 18.2 Å². The largest absolute Gasteiger partial charge is 0.481 e. The van der Waals surface area contributed by atoms with Crippen LogP contribution in [-0.4, -0.2) is 24.2 Å². The van der Waals surface area contributed by atoms with Crippen LogP contribution in [0.4, 0.5) is 0 Å². The molecule has 2 rings (SSSR count). The zero-order valence-corrected chi connectivity index (χ0v) is 9.93. The van der Waals surface area contributed by atoms with Crippen LogP contribution in [0.15, 0.2) is 30.3 Å². The molecule has 92 valence electrons. The highest BCUT2D eigenvalue weighted by atomic mass is 16.4. The summed E-state index contributed by atoms with van der Waals surface area (Å²) in [5.74, 6) is -0.786. The summed E-state index contributed by atoms with van der Waals surface area (Å²) in [4.78, 5) is 10.2. The molecule has 0 atom stereocenters. The van der Waals surface area contributed by atoms with Crippen molar-refractivity contribution in [3.8, 4) is 12.8 Å². The lowest BCUT2D eigenvalue weighted by atomic mass is 10.2. The van der Waals surface area contributed by atoms with Gasteiger partial charge in [-0.1, -0.05) is 30.3 Å². The molecular weight excluding hydrogens is 214 g/mol. The fourth-order valence-electron chi connectivity index (χ4n) is 1.40. The first kappa shape index (κ1) is 15.2. The molecule has 0 aliphatic carbocycles. The molecule has 1 aromatic carbocycles. The summed E-state index contributed by atoms with van der Waals surface area (Å²) in [6.45, 7) is 2.50. The molecule has 0 spiro atoms. The molecule has 0 bridgehead atoms. The van der Waals surface area contributed by atoms with Gasteiger partial charge in [-0.25, -0.2) is 0 Å². The molecule has 1 heterocycles. The van der Waals surface area contributed by atoms with Gasteiger partial charge in [-0.05, 0) is 31.5 Å². The average molecular weight is 233 g/mol. The Labute approximate surface area is 103 Å². The molecule has 17 heavy (non-hydrogen) atoms. The Morgan fingerprint density at radius 2 is 1.71 bits per heavy atom. The monoisotopic (exact) mass is 233 g/mol. The number of carboxylic acids is 1. The van der Waals surface area contributed by atoms with Crippen molar-refractivity contribution < 1.29 is 9.90 Å². The third-order valence-corrected chi connectivity index (χ3v) is 2.16. The zero-order chi connectivity index (χ0) is 12.9. The third kappa shape index (κ3) is 9.16. The van der Waals surface area contributed by atoms with Crippen molar-refractivity contribution in [2.45, 2.75) is 19.3 Å². The van der Waals surface area contributed by atoms with Gasteiger partial charge in [0.2, 0.25) is 0 Å². The molecule has 0 aromatic heterocycles. The molecule has 0 unspecified atom stereocenters. The lowest BCUT2D eigenvalue weighted by Crippen LogP contribution is -2.03. The van der Waals surface area contributed by atoms with Crippen LogP contribution >= 0.6 is 0 Å². The Balaban J connectivity index is 0.000000306. The van der Waals surface area contributed by atoms with E-state index in [0.29, 0.717) is 0 Å². The first-order chi connectivity index (χ1) is 8.29. The van der Waals surface area contributed by atoms with E-state index in [2.05, 4.69) is 18.2 Å². The van der Waals surface area contributed by atoms with Crippen molar-refractivity contribution in [2.75, 3.05) is 13.1 Å². The van der Waals surface area contributed by atoms with Crippen LogP contribution in [0, 0.1) is 12.8 Å². The van der Waals surface area contributed by atoms with Crippen LogP contribution in [0.5, 0.6) is 0 Å². The zero-order valence-electron chi connectivity index (χ0n) is 9.93. The number of carboxylic acid groups (broad SMARTS) is 1. The number of carbonyl (C=O) groups is 1. The van der Waals surface area contributed by atoms with Gasteiger partial charge in [0.1, 0.15) is 0 Å². The van der Waals surface area contributed by atoms with Gasteiger partial charge in [0.15, 0.2) is 0 Å². The molecule has 0 amide bonds. The Morgan fingerprint density at radius 1 is 1.18 bits per heavy atom. The number of benzene rings is 1. The van der Waals surface area contributed by atoms with Crippen LogP contribution in [0.25, 0.3) is 0 Å². The van der Waals surface area contributed by atoms with Gasteiger partial charge in [0.25, 0.3) is 0 Å². The fourth-order valence-corrected chi connectivity index (χ4v) is 1.40. The topological polar surface area (TPSA) is 49.3 Å². The number of rotatable bonds is 2. The second-order valence-electron chi connectivity index (χ2n) is 3.51. The predicted molar refractivity (Wildman–Crippen MR) is 69.8 cm³/mol. The molecule has 1 aromatic rings. The van der Waals surface area contributed by atoms with Gasteiger partial charge in [-0.3, -0.25) is 4.79 Å². The van der Waals surface area contributed by atoms with Crippen LogP contribution in [0.1, 0.15) is 18.4 Å². The van der Waals surface area contributed by atoms with E-state index < -0.39 is 5.97 Å². The molecule has 3 nitrogen and oxygen atoms in total. The van der Waals surface area contributed by atoms with Crippen molar-refractivity contribution >= 4 is 5.97 Å². The second-order valence-corrected chi connectivity index (χ2v) is 3.51. The van der Waals surface area contributed by atoms with Crippen molar-refractivity contribution in [2.24, 2.45) is 0 Å². The highest BCUT2D eigenvalue weighted by Gasteiger charge is 1.96. The number of nitrogens with one attached hydrogen (secondary N) is 1.